The van der Waals surface area contributed by atoms with Crippen LogP contribution in [0.15, 0.2) is 12.3 Å². The molecule has 40 heavy (non-hydrogen) atoms. The quantitative estimate of drug-likeness (QED) is 0.375. The first-order chi connectivity index (χ1) is 19.1. The average molecular weight is 586 g/mol. The lowest BCUT2D eigenvalue weighted by atomic mass is 9.84. The van der Waals surface area contributed by atoms with E-state index in [1.165, 1.54) is 32.1 Å². The van der Waals surface area contributed by atoms with Gasteiger partial charge in [0.1, 0.15) is 6.17 Å². The summed E-state index contributed by atoms with van der Waals surface area (Å²) in [6.45, 7) is 7.90. The summed E-state index contributed by atoms with van der Waals surface area (Å²) >= 11 is 1.84. The van der Waals surface area contributed by atoms with Crippen LogP contribution in [-0.4, -0.2) is 70.3 Å². The standard InChI is InChI=1S/C28H46F3N7OS/c1-26(2)20-8-14-32-21-4-3-5-24(34-21)40-33-18-19-6-7-22(35-25(19)37(26)15-9-20)38-16-10-23(36-38)39-17-13-27(11-12-27)28(29,30)31/h10,16,19-22,24-25,32-35H,3-9,11-15,17-18H2,1-2H3. The summed E-state index contributed by atoms with van der Waals surface area (Å²) < 4.78 is 51.1. The van der Waals surface area contributed by atoms with Gasteiger partial charge in [0.15, 0.2) is 0 Å². The molecule has 5 fully saturated rings. The molecule has 5 heterocycles. The van der Waals surface area contributed by atoms with Crippen molar-refractivity contribution < 1.29 is 17.9 Å². The number of aromatic nitrogens is 2. The van der Waals surface area contributed by atoms with Crippen LogP contribution in [0, 0.1) is 17.3 Å². The highest BCUT2D eigenvalue weighted by atomic mass is 32.2. The summed E-state index contributed by atoms with van der Waals surface area (Å²) in [4.78, 5) is 2.69. The van der Waals surface area contributed by atoms with E-state index in [4.69, 9.17) is 4.74 Å². The molecule has 8 nitrogen and oxygen atoms in total. The number of ether oxygens (including phenoxy) is 1. The first kappa shape index (κ1) is 29.0. The van der Waals surface area contributed by atoms with Crippen LogP contribution in [0.1, 0.15) is 84.2 Å². The van der Waals surface area contributed by atoms with Crippen LogP contribution in [0.5, 0.6) is 5.88 Å². The molecule has 0 spiro atoms. The summed E-state index contributed by atoms with van der Waals surface area (Å²) in [7, 11) is 0. The van der Waals surface area contributed by atoms with Gasteiger partial charge in [-0.2, -0.15) is 13.2 Å². The van der Waals surface area contributed by atoms with E-state index in [0.717, 1.165) is 32.5 Å². The lowest BCUT2D eigenvalue weighted by molar-refractivity contribution is -0.190. The van der Waals surface area contributed by atoms with E-state index in [1.807, 2.05) is 22.8 Å². The summed E-state index contributed by atoms with van der Waals surface area (Å²) in [6.07, 6.45) is 6.82. The number of hydrogen-bond acceptors (Lipinski definition) is 8. The first-order valence-corrected chi connectivity index (χ1v) is 16.2. The Morgan fingerprint density at radius 2 is 1.95 bits per heavy atom. The molecule has 226 valence electrons. The fourth-order valence-corrected chi connectivity index (χ4v) is 8.50. The zero-order valence-corrected chi connectivity index (χ0v) is 24.6. The van der Waals surface area contributed by atoms with Crippen molar-refractivity contribution in [2.45, 2.75) is 114 Å². The van der Waals surface area contributed by atoms with E-state index in [9.17, 15) is 13.2 Å². The molecule has 4 aliphatic heterocycles. The van der Waals surface area contributed by atoms with Gasteiger partial charge in [-0.1, -0.05) is 11.9 Å². The maximum atomic E-state index is 13.3. The molecule has 0 aromatic carbocycles. The number of hydrogen-bond donors (Lipinski definition) is 4. The lowest BCUT2D eigenvalue weighted by Crippen LogP contribution is -2.61. The highest BCUT2D eigenvalue weighted by Gasteiger charge is 2.62. The van der Waals surface area contributed by atoms with Crippen LogP contribution in [0.4, 0.5) is 13.2 Å². The van der Waals surface area contributed by atoms with Gasteiger partial charge >= 0.3 is 6.18 Å². The minimum absolute atomic E-state index is 0.00241. The Morgan fingerprint density at radius 1 is 1.10 bits per heavy atom. The molecule has 0 radical (unpaired) electrons. The second-order valence-electron chi connectivity index (χ2n) is 13.2. The van der Waals surface area contributed by atoms with Crippen molar-refractivity contribution in [2.24, 2.45) is 17.3 Å². The number of halogens is 3. The Balaban J connectivity index is 1.12. The van der Waals surface area contributed by atoms with Gasteiger partial charge in [-0.15, -0.1) is 5.10 Å². The van der Waals surface area contributed by atoms with Crippen LogP contribution >= 0.6 is 11.9 Å². The number of nitrogens with zero attached hydrogens (tertiary/aromatic N) is 3. The third-order valence-electron chi connectivity index (χ3n) is 10.4. The molecule has 1 saturated carbocycles. The van der Waals surface area contributed by atoms with E-state index >= 15 is 0 Å². The maximum Gasteiger partial charge on any atom is 0.394 e. The van der Waals surface area contributed by atoms with Gasteiger partial charge < -0.3 is 10.1 Å². The molecule has 4 saturated heterocycles. The SMILES string of the molecule is CC1(C)C2CCNC3CCCC(N3)SNCC3CCC(n4ccc(OCCC5(C(F)(F)F)CC5)n4)NC3N1CC2. The largest absolute Gasteiger partial charge is 0.477 e. The van der Waals surface area contributed by atoms with Crippen LogP contribution in [-0.2, 0) is 0 Å². The first-order valence-electron chi connectivity index (χ1n) is 15.3. The molecule has 1 aromatic rings. The van der Waals surface area contributed by atoms with Crippen molar-refractivity contribution in [3.63, 3.8) is 0 Å². The molecule has 0 amide bonds. The highest BCUT2D eigenvalue weighted by Crippen LogP contribution is 2.59. The van der Waals surface area contributed by atoms with E-state index in [2.05, 4.69) is 44.5 Å². The minimum atomic E-state index is -4.15. The Labute approximate surface area is 240 Å². The fraction of sp³-hybridized carbons (Fsp3) is 0.893. The zero-order chi connectivity index (χ0) is 28.0. The molecule has 6 rings (SSSR count). The van der Waals surface area contributed by atoms with Crippen molar-refractivity contribution in [3.05, 3.63) is 12.3 Å². The predicted molar refractivity (Wildman–Crippen MR) is 150 cm³/mol. The molecule has 7 unspecified atom stereocenters. The third kappa shape index (κ3) is 6.04. The van der Waals surface area contributed by atoms with Crippen LogP contribution in [0.3, 0.4) is 0 Å². The Kier molecular flexibility index (Phi) is 8.39. The molecule has 1 aliphatic carbocycles. The van der Waals surface area contributed by atoms with Gasteiger partial charge in [-0.05, 0) is 90.5 Å². The molecular formula is C28H46F3N7OS. The van der Waals surface area contributed by atoms with Crippen LogP contribution in [0.2, 0.25) is 0 Å². The van der Waals surface area contributed by atoms with E-state index < -0.39 is 11.6 Å². The Bertz CT molecular complexity index is 1000. The number of fused-ring (bicyclic) bond motifs is 6. The van der Waals surface area contributed by atoms with Gasteiger partial charge in [-0.3, -0.25) is 24.9 Å². The smallest absolute Gasteiger partial charge is 0.394 e. The number of nitrogens with one attached hydrogen (secondary N) is 4. The summed E-state index contributed by atoms with van der Waals surface area (Å²) in [5, 5.41) is 16.6. The fourth-order valence-electron chi connectivity index (χ4n) is 7.47. The number of rotatable bonds is 5. The van der Waals surface area contributed by atoms with Gasteiger partial charge in [0.25, 0.3) is 0 Å². The summed E-state index contributed by atoms with van der Waals surface area (Å²) in [5.41, 5.74) is -1.46. The Hall–Kier alpha value is -1.05. The maximum absolute atomic E-state index is 13.3. The summed E-state index contributed by atoms with van der Waals surface area (Å²) in [5.74, 6) is 1.49. The molecule has 7 atom stereocenters. The molecular weight excluding hydrogens is 539 g/mol. The van der Waals surface area contributed by atoms with Crippen molar-refractivity contribution in [3.8, 4) is 5.88 Å². The van der Waals surface area contributed by atoms with Crippen molar-refractivity contribution in [2.75, 3.05) is 26.2 Å². The van der Waals surface area contributed by atoms with Gasteiger partial charge in [0.2, 0.25) is 5.88 Å². The van der Waals surface area contributed by atoms with Crippen LogP contribution in [0.25, 0.3) is 0 Å². The normalized spacial score (nSPS) is 37.8. The molecule has 4 N–H and O–H groups in total. The third-order valence-corrected chi connectivity index (χ3v) is 11.4. The van der Waals surface area contributed by atoms with E-state index in [-0.39, 0.29) is 43.7 Å². The van der Waals surface area contributed by atoms with Gasteiger partial charge in [0, 0.05) is 36.8 Å². The lowest BCUT2D eigenvalue weighted by Gasteiger charge is -2.48. The van der Waals surface area contributed by atoms with Gasteiger partial charge in [-0.25, -0.2) is 0 Å². The average Bonchev–Trinajstić information content (AvgIpc) is 3.47. The molecule has 12 heteroatoms. The zero-order valence-electron chi connectivity index (χ0n) is 23.8. The second kappa shape index (κ2) is 11.6. The molecule has 5 aliphatic rings. The number of piperidine rings is 2. The predicted octanol–water partition coefficient (Wildman–Crippen LogP) is 4.58. The Morgan fingerprint density at radius 3 is 2.75 bits per heavy atom. The van der Waals surface area contributed by atoms with Crippen molar-refractivity contribution in [1.82, 2.24) is 35.4 Å². The van der Waals surface area contributed by atoms with E-state index in [0.29, 0.717) is 29.3 Å². The minimum Gasteiger partial charge on any atom is -0.477 e. The van der Waals surface area contributed by atoms with Crippen LogP contribution < -0.4 is 25.4 Å². The number of alkyl halides is 3. The van der Waals surface area contributed by atoms with Crippen molar-refractivity contribution in [1.29, 1.82) is 0 Å². The van der Waals surface area contributed by atoms with E-state index in [1.54, 1.807) is 6.07 Å². The topological polar surface area (TPSA) is 78.4 Å². The summed E-state index contributed by atoms with van der Waals surface area (Å²) in [6, 6.07) is 1.78. The molecule has 4 bridgehead atoms. The van der Waals surface area contributed by atoms with Gasteiger partial charge in [0.05, 0.1) is 29.7 Å². The highest BCUT2D eigenvalue weighted by molar-refractivity contribution is 7.98. The van der Waals surface area contributed by atoms with Crippen molar-refractivity contribution >= 4 is 11.9 Å². The monoisotopic (exact) mass is 585 g/mol. The molecule has 1 aromatic heterocycles. The second-order valence-corrected chi connectivity index (χ2v) is 14.2.